The second kappa shape index (κ2) is 6.51. The van der Waals surface area contributed by atoms with Gasteiger partial charge in [-0.1, -0.05) is 12.1 Å². The summed E-state index contributed by atoms with van der Waals surface area (Å²) in [6.07, 6.45) is 0. The lowest BCUT2D eigenvalue weighted by atomic mass is 10.2. The SMILES string of the molecule is C[NH+](Cc1ccsc1)Cn1nc(-c2ccccc2F)oc1=S. The van der Waals surface area contributed by atoms with Crippen molar-refractivity contribution in [3.8, 4) is 11.5 Å². The topological polar surface area (TPSA) is 35.4 Å². The minimum atomic E-state index is -0.370. The number of halogens is 1. The summed E-state index contributed by atoms with van der Waals surface area (Å²) in [6, 6.07) is 8.47. The molecule has 0 amide bonds. The highest BCUT2D eigenvalue weighted by Gasteiger charge is 2.14. The highest BCUT2D eigenvalue weighted by atomic mass is 32.1. The van der Waals surface area contributed by atoms with E-state index in [-0.39, 0.29) is 16.5 Å². The maximum absolute atomic E-state index is 13.8. The molecule has 0 aliphatic carbocycles. The predicted molar refractivity (Wildman–Crippen MR) is 85.6 cm³/mol. The predicted octanol–water partition coefficient (Wildman–Crippen LogP) is 2.75. The van der Waals surface area contributed by atoms with Crippen LogP contribution in [-0.2, 0) is 13.2 Å². The maximum Gasteiger partial charge on any atom is 0.292 e. The fourth-order valence-corrected chi connectivity index (χ4v) is 3.06. The number of thiophene rings is 1. The van der Waals surface area contributed by atoms with Crippen LogP contribution in [0.2, 0.25) is 0 Å². The summed E-state index contributed by atoms with van der Waals surface area (Å²) in [5, 5.41) is 8.48. The summed E-state index contributed by atoms with van der Waals surface area (Å²) >= 11 is 6.86. The summed E-state index contributed by atoms with van der Waals surface area (Å²) in [4.78, 5) is 1.46. The second-order valence-corrected chi connectivity index (χ2v) is 6.21. The number of rotatable bonds is 5. The van der Waals surface area contributed by atoms with Crippen molar-refractivity contribution in [2.75, 3.05) is 7.05 Å². The zero-order valence-corrected chi connectivity index (χ0v) is 13.6. The van der Waals surface area contributed by atoms with Crippen LogP contribution in [0.3, 0.4) is 0 Å². The Bertz CT molecular complexity index is 810. The van der Waals surface area contributed by atoms with Gasteiger partial charge < -0.3 is 9.32 Å². The van der Waals surface area contributed by atoms with E-state index in [2.05, 4.69) is 29.0 Å². The van der Waals surface area contributed by atoms with E-state index in [1.807, 2.05) is 0 Å². The fourth-order valence-electron chi connectivity index (χ4n) is 2.20. The molecule has 0 bridgehead atoms. The molecule has 1 N–H and O–H groups in total. The number of hydrogen-bond donors (Lipinski definition) is 1. The molecule has 3 aromatic rings. The van der Waals surface area contributed by atoms with Crippen molar-refractivity contribution in [1.82, 2.24) is 9.78 Å². The molecule has 1 atom stereocenters. The summed E-state index contributed by atoms with van der Waals surface area (Å²) in [7, 11) is 2.05. The van der Waals surface area contributed by atoms with Gasteiger partial charge in [0.1, 0.15) is 12.4 Å². The average Bonchev–Trinajstić information content (AvgIpc) is 3.10. The smallest absolute Gasteiger partial charge is 0.292 e. The Morgan fingerprint density at radius 1 is 1.36 bits per heavy atom. The van der Waals surface area contributed by atoms with Gasteiger partial charge in [-0.3, -0.25) is 0 Å². The molecular weight excluding hydrogens is 321 g/mol. The number of benzene rings is 1. The average molecular weight is 336 g/mol. The molecule has 7 heteroatoms. The number of nitrogens with zero attached hydrogens (tertiary/aromatic N) is 2. The Morgan fingerprint density at radius 3 is 2.91 bits per heavy atom. The third-order valence-electron chi connectivity index (χ3n) is 3.22. The van der Waals surface area contributed by atoms with Crippen LogP contribution in [0.25, 0.3) is 11.5 Å². The number of nitrogens with one attached hydrogen (secondary N) is 1. The van der Waals surface area contributed by atoms with Crippen LogP contribution in [0.15, 0.2) is 45.5 Å². The van der Waals surface area contributed by atoms with Crippen LogP contribution in [0.1, 0.15) is 5.56 Å². The van der Waals surface area contributed by atoms with Crippen LogP contribution >= 0.6 is 23.6 Å². The molecule has 0 saturated heterocycles. The first-order chi connectivity index (χ1) is 10.6. The Morgan fingerprint density at radius 2 is 2.18 bits per heavy atom. The first kappa shape index (κ1) is 15.1. The molecule has 0 saturated carbocycles. The number of quaternary nitrogens is 1. The van der Waals surface area contributed by atoms with Gasteiger partial charge in [0, 0.05) is 5.56 Å². The molecule has 0 aliphatic rings. The van der Waals surface area contributed by atoms with Crippen molar-refractivity contribution in [1.29, 1.82) is 0 Å². The highest BCUT2D eigenvalue weighted by Crippen LogP contribution is 2.20. The lowest BCUT2D eigenvalue weighted by Gasteiger charge is -2.11. The van der Waals surface area contributed by atoms with Gasteiger partial charge >= 0.3 is 0 Å². The zero-order chi connectivity index (χ0) is 15.5. The van der Waals surface area contributed by atoms with Crippen LogP contribution in [-0.4, -0.2) is 16.8 Å². The monoisotopic (exact) mass is 336 g/mol. The Labute approximate surface area is 136 Å². The maximum atomic E-state index is 13.8. The fraction of sp³-hybridized carbons (Fsp3) is 0.200. The van der Waals surface area contributed by atoms with E-state index < -0.39 is 0 Å². The van der Waals surface area contributed by atoms with Crippen LogP contribution < -0.4 is 4.90 Å². The van der Waals surface area contributed by atoms with Gasteiger partial charge in [0.25, 0.3) is 4.84 Å². The minimum Gasteiger partial charge on any atom is -0.409 e. The molecule has 2 aromatic heterocycles. The molecule has 114 valence electrons. The van der Waals surface area contributed by atoms with E-state index in [1.165, 1.54) is 16.5 Å². The molecular formula is C15H15FN3OS2+. The quantitative estimate of drug-likeness (QED) is 0.728. The van der Waals surface area contributed by atoms with E-state index in [9.17, 15) is 4.39 Å². The van der Waals surface area contributed by atoms with Gasteiger partial charge in [0.2, 0.25) is 5.89 Å². The van der Waals surface area contributed by atoms with Gasteiger partial charge in [-0.25, -0.2) is 4.39 Å². The standard InChI is InChI=1S/C15H14FN3OS2/c1-18(8-11-6-7-22-9-11)10-19-15(21)20-14(17-19)12-4-2-3-5-13(12)16/h2-7,9H,8,10H2,1H3/p+1. The molecule has 0 aliphatic heterocycles. The van der Waals surface area contributed by atoms with Crippen LogP contribution in [0.4, 0.5) is 4.39 Å². The second-order valence-electron chi connectivity index (χ2n) is 5.08. The van der Waals surface area contributed by atoms with E-state index in [0.717, 1.165) is 6.54 Å². The van der Waals surface area contributed by atoms with Crippen molar-refractivity contribution in [2.45, 2.75) is 13.2 Å². The van der Waals surface area contributed by atoms with Crippen LogP contribution in [0.5, 0.6) is 0 Å². The number of aromatic nitrogens is 2. The van der Waals surface area contributed by atoms with E-state index in [0.29, 0.717) is 12.2 Å². The Kier molecular flexibility index (Phi) is 4.47. The Hall–Kier alpha value is -1.83. The molecule has 0 fully saturated rings. The van der Waals surface area contributed by atoms with E-state index in [1.54, 1.807) is 34.2 Å². The molecule has 22 heavy (non-hydrogen) atoms. The largest absolute Gasteiger partial charge is 0.409 e. The first-order valence-electron chi connectivity index (χ1n) is 6.78. The molecule has 0 spiro atoms. The minimum absolute atomic E-state index is 0.214. The number of hydrogen-bond acceptors (Lipinski definition) is 4. The third-order valence-corrected chi connectivity index (χ3v) is 4.24. The molecule has 0 radical (unpaired) electrons. The van der Waals surface area contributed by atoms with Gasteiger partial charge in [-0.05, 0) is 41.2 Å². The Balaban J connectivity index is 1.78. The normalized spacial score (nSPS) is 12.5. The summed E-state index contributed by atoms with van der Waals surface area (Å²) in [6.45, 7) is 1.43. The van der Waals surface area contributed by atoms with E-state index in [4.69, 9.17) is 16.6 Å². The van der Waals surface area contributed by atoms with Gasteiger partial charge in [0.15, 0.2) is 6.67 Å². The highest BCUT2D eigenvalue weighted by molar-refractivity contribution is 7.71. The van der Waals surface area contributed by atoms with Crippen LogP contribution in [0, 0.1) is 10.7 Å². The zero-order valence-electron chi connectivity index (χ0n) is 12.0. The van der Waals surface area contributed by atoms with Crippen molar-refractivity contribution in [3.63, 3.8) is 0 Å². The van der Waals surface area contributed by atoms with Crippen molar-refractivity contribution in [3.05, 3.63) is 57.3 Å². The van der Waals surface area contributed by atoms with Gasteiger partial charge in [0.05, 0.1) is 12.6 Å². The summed E-state index contributed by atoms with van der Waals surface area (Å²) in [5.41, 5.74) is 1.59. The first-order valence-corrected chi connectivity index (χ1v) is 8.14. The molecule has 1 aromatic carbocycles. The molecule has 2 heterocycles. The van der Waals surface area contributed by atoms with Crippen molar-refractivity contribution >= 4 is 23.6 Å². The van der Waals surface area contributed by atoms with Gasteiger partial charge in [-0.2, -0.15) is 16.0 Å². The van der Waals surface area contributed by atoms with Crippen molar-refractivity contribution in [2.24, 2.45) is 0 Å². The summed E-state index contributed by atoms with van der Waals surface area (Å²) < 4.78 is 20.8. The lowest BCUT2D eigenvalue weighted by molar-refractivity contribution is -0.917. The van der Waals surface area contributed by atoms with Gasteiger partial charge in [-0.15, -0.1) is 5.10 Å². The lowest BCUT2D eigenvalue weighted by Crippen LogP contribution is -3.06. The van der Waals surface area contributed by atoms with Crippen molar-refractivity contribution < 1.29 is 13.7 Å². The molecule has 4 nitrogen and oxygen atoms in total. The van der Waals surface area contributed by atoms with E-state index >= 15 is 0 Å². The summed E-state index contributed by atoms with van der Waals surface area (Å²) in [5.74, 6) is -0.156. The third kappa shape index (κ3) is 3.32. The molecule has 3 rings (SSSR count). The molecule has 1 unspecified atom stereocenters.